The number of carbonyl (C=O) groups is 2. The second-order valence-electron chi connectivity index (χ2n) is 14.8. The molecule has 0 unspecified atom stereocenters. The van der Waals surface area contributed by atoms with E-state index in [1.165, 1.54) is 30.8 Å². The van der Waals surface area contributed by atoms with Crippen molar-refractivity contribution in [3.05, 3.63) is 102 Å². The minimum Gasteiger partial charge on any atom is -0.497 e. The van der Waals surface area contributed by atoms with Crippen molar-refractivity contribution in [1.29, 1.82) is 0 Å². The molecular weight excluding hydrogens is 800 g/mol. The molecule has 1 fully saturated rings. The van der Waals surface area contributed by atoms with Gasteiger partial charge in [-0.15, -0.1) is 11.8 Å². The fourth-order valence-electron chi connectivity index (χ4n) is 7.32. The molecule has 2 atom stereocenters. The molecule has 3 heterocycles. The minimum atomic E-state index is -4.35. The van der Waals surface area contributed by atoms with Crippen LogP contribution < -0.4 is 14.5 Å². The first-order valence-electron chi connectivity index (χ1n) is 19.7. The van der Waals surface area contributed by atoms with Crippen molar-refractivity contribution < 1.29 is 37.3 Å². The number of para-hydroxylation sites is 2. The summed E-state index contributed by atoms with van der Waals surface area (Å²) in [7, 11) is 5.54. The van der Waals surface area contributed by atoms with E-state index < -0.39 is 23.8 Å². The van der Waals surface area contributed by atoms with E-state index in [0.717, 1.165) is 76.5 Å². The summed E-state index contributed by atoms with van der Waals surface area (Å²) >= 11 is 3.07. The Morgan fingerprint density at radius 2 is 1.41 bits per heavy atom. The number of esters is 1. The molecule has 15 heteroatoms. The Balaban J connectivity index is 0.000000199. The van der Waals surface area contributed by atoms with Gasteiger partial charge in [0.2, 0.25) is 0 Å². The normalized spacial score (nSPS) is 18.3. The second kappa shape index (κ2) is 20.3. The van der Waals surface area contributed by atoms with Gasteiger partial charge in [0.05, 0.1) is 41.6 Å². The molecule has 0 aromatic heterocycles. The van der Waals surface area contributed by atoms with Gasteiger partial charge in [-0.1, -0.05) is 48.2 Å². The van der Waals surface area contributed by atoms with Gasteiger partial charge in [0.1, 0.15) is 5.75 Å². The zero-order valence-electron chi connectivity index (χ0n) is 33.9. The lowest BCUT2D eigenvalue weighted by Gasteiger charge is -2.36. The van der Waals surface area contributed by atoms with Crippen molar-refractivity contribution in [2.45, 2.75) is 45.6 Å². The summed E-state index contributed by atoms with van der Waals surface area (Å²) in [6, 6.07) is 27.3. The topological polar surface area (TPSA) is 89.0 Å². The third-order valence-corrected chi connectivity index (χ3v) is 12.9. The molecule has 0 spiro atoms. The highest BCUT2D eigenvalue weighted by Gasteiger charge is 2.41. The number of piperazine rings is 1. The number of fused-ring (bicyclic) bond motifs is 3. The zero-order chi connectivity index (χ0) is 42.1. The van der Waals surface area contributed by atoms with Crippen molar-refractivity contribution in [3.8, 4) is 5.75 Å². The number of benzene rings is 4. The number of methoxy groups -OCH3 is 1. The number of hydrogen-bond donors (Lipinski definition) is 1. The van der Waals surface area contributed by atoms with Crippen LogP contribution in [0, 0.1) is 0 Å². The number of ether oxygens (including phenoxy) is 2. The van der Waals surface area contributed by atoms with Crippen molar-refractivity contribution in [1.82, 2.24) is 14.7 Å². The molecule has 1 amide bonds. The largest absolute Gasteiger partial charge is 0.497 e. The molecule has 3 aliphatic heterocycles. The van der Waals surface area contributed by atoms with Gasteiger partial charge in [-0.3, -0.25) is 14.5 Å². The van der Waals surface area contributed by atoms with Crippen molar-refractivity contribution in [2.24, 2.45) is 0 Å². The van der Waals surface area contributed by atoms with E-state index in [-0.39, 0.29) is 17.8 Å². The monoisotopic (exact) mass is 851 g/mol. The number of hydrogen-bond acceptors (Lipinski definition) is 11. The van der Waals surface area contributed by atoms with E-state index in [1.54, 1.807) is 29.8 Å². The number of alkyl halides is 3. The molecule has 0 saturated carbocycles. The highest BCUT2D eigenvalue weighted by atomic mass is 32.2. The molecule has 59 heavy (non-hydrogen) atoms. The minimum absolute atomic E-state index is 0.186. The Bertz CT molecular complexity index is 2030. The maximum Gasteiger partial charge on any atom is 0.416 e. The number of aliphatic hydroxyl groups excluding tert-OH is 1. The molecule has 316 valence electrons. The smallest absolute Gasteiger partial charge is 0.416 e. The van der Waals surface area contributed by atoms with Crippen LogP contribution in [0.5, 0.6) is 5.75 Å². The predicted octanol–water partition coefficient (Wildman–Crippen LogP) is 7.68. The average molecular weight is 852 g/mol. The van der Waals surface area contributed by atoms with E-state index in [9.17, 15) is 22.8 Å². The summed E-state index contributed by atoms with van der Waals surface area (Å²) in [5.41, 5.74) is 2.76. The molecule has 4 aromatic rings. The maximum absolute atomic E-state index is 13.6. The quantitative estimate of drug-likeness (QED) is 0.143. The van der Waals surface area contributed by atoms with Gasteiger partial charge >= 0.3 is 12.1 Å². The van der Waals surface area contributed by atoms with Crippen molar-refractivity contribution >= 4 is 52.5 Å². The number of carbonyl (C=O) groups excluding carboxylic acids is 2. The molecule has 1 saturated heterocycles. The summed E-state index contributed by atoms with van der Waals surface area (Å²) in [4.78, 5) is 38.8. The zero-order valence-corrected chi connectivity index (χ0v) is 35.5. The average Bonchev–Trinajstić information content (AvgIpc) is 3.33. The summed E-state index contributed by atoms with van der Waals surface area (Å²) in [5.74, 6) is 0.0528. The highest BCUT2D eigenvalue weighted by Crippen LogP contribution is 2.50. The standard InChI is InChI=1S/C22H26F3N3OS.C22H26N2O4S/c23-22(24,25)17-6-7-21-19(16-17)28(18-4-1-2-5-20(18)30-21)9-3-8-26-10-12-27(13-11-26)14-15-29;1-15(25)28-20-21(16-9-11-17(27-4)12-10-16)29-19-8-6-5-7-18(19)24(22(20)26)14-13-23(2)3/h1-2,4-7,16,29H,3,8-15H2;5-12,20-21H,13-14H2,1-4H3/t;20-,21+/m.1/s1. The Hall–Kier alpha value is -4.25. The van der Waals surface area contributed by atoms with Crippen LogP contribution in [0.3, 0.4) is 0 Å². The van der Waals surface area contributed by atoms with E-state index in [1.807, 2.05) is 96.7 Å². The number of anilines is 3. The third kappa shape index (κ3) is 11.3. The Morgan fingerprint density at radius 3 is 2.02 bits per heavy atom. The number of halogens is 3. The first kappa shape index (κ1) is 44.3. The predicted molar refractivity (Wildman–Crippen MR) is 228 cm³/mol. The van der Waals surface area contributed by atoms with E-state index in [2.05, 4.69) is 9.80 Å². The van der Waals surface area contributed by atoms with Gasteiger partial charge in [0.15, 0.2) is 6.10 Å². The molecule has 10 nitrogen and oxygen atoms in total. The van der Waals surface area contributed by atoms with Crippen LogP contribution in [0.2, 0.25) is 0 Å². The van der Waals surface area contributed by atoms with Gasteiger partial charge in [0, 0.05) is 74.0 Å². The summed E-state index contributed by atoms with van der Waals surface area (Å²) < 4.78 is 50.8. The molecule has 7 rings (SSSR count). The first-order valence-corrected chi connectivity index (χ1v) is 21.4. The maximum atomic E-state index is 13.6. The third-order valence-electron chi connectivity index (χ3n) is 10.4. The van der Waals surface area contributed by atoms with Crippen LogP contribution in [0.25, 0.3) is 0 Å². The summed E-state index contributed by atoms with van der Waals surface area (Å²) in [5, 5.41) is 8.71. The lowest BCUT2D eigenvalue weighted by Crippen LogP contribution is -2.47. The van der Waals surface area contributed by atoms with Crippen molar-refractivity contribution in [3.63, 3.8) is 0 Å². The highest BCUT2D eigenvalue weighted by molar-refractivity contribution is 8.00. The van der Waals surface area contributed by atoms with Crippen LogP contribution >= 0.6 is 23.5 Å². The molecule has 0 aliphatic carbocycles. The lowest BCUT2D eigenvalue weighted by molar-refractivity contribution is -0.152. The first-order chi connectivity index (χ1) is 28.4. The van der Waals surface area contributed by atoms with Crippen LogP contribution in [0.4, 0.5) is 30.2 Å². The second-order valence-corrected chi connectivity index (χ2v) is 17.0. The Labute approximate surface area is 353 Å². The number of likely N-dealkylation sites (N-methyl/N-ethyl adjacent to an activating group) is 1. The number of aliphatic hydroxyl groups is 1. The van der Waals surface area contributed by atoms with E-state index in [0.29, 0.717) is 31.9 Å². The Kier molecular flexibility index (Phi) is 15.3. The lowest BCUT2D eigenvalue weighted by atomic mass is 10.1. The number of thioether (sulfide) groups is 1. The number of amides is 1. The van der Waals surface area contributed by atoms with Gasteiger partial charge < -0.3 is 34.2 Å². The van der Waals surface area contributed by atoms with Crippen LogP contribution in [0.15, 0.2) is 106 Å². The van der Waals surface area contributed by atoms with Gasteiger partial charge in [-0.05, 0) is 87.2 Å². The van der Waals surface area contributed by atoms with E-state index >= 15 is 0 Å². The molecule has 0 bridgehead atoms. The summed E-state index contributed by atoms with van der Waals surface area (Å²) in [6.45, 7) is 8.84. The molecule has 3 aliphatic rings. The molecule has 0 radical (unpaired) electrons. The number of nitrogens with zero attached hydrogens (tertiary/aromatic N) is 5. The molecule has 4 aromatic carbocycles. The fourth-order valence-corrected chi connectivity index (χ4v) is 9.71. The van der Waals surface area contributed by atoms with Gasteiger partial charge in [-0.2, -0.15) is 13.2 Å². The van der Waals surface area contributed by atoms with Crippen LogP contribution in [0.1, 0.15) is 29.7 Å². The molecular formula is C44H52F3N5O5S2. The Morgan fingerprint density at radius 1 is 0.797 bits per heavy atom. The van der Waals surface area contributed by atoms with Gasteiger partial charge in [-0.25, -0.2) is 0 Å². The molecule has 1 N–H and O–H groups in total. The van der Waals surface area contributed by atoms with Gasteiger partial charge in [0.25, 0.3) is 5.91 Å². The number of rotatable bonds is 12. The van der Waals surface area contributed by atoms with Crippen molar-refractivity contribution in [2.75, 3.05) is 96.5 Å². The summed E-state index contributed by atoms with van der Waals surface area (Å²) in [6.07, 6.45) is -4.40. The van der Waals surface area contributed by atoms with Crippen LogP contribution in [-0.2, 0) is 20.5 Å². The number of β-amino-alcohol motifs (C(OH)–C–C–N with tert-alkyl or cyclic N) is 1. The fraction of sp³-hybridized carbons (Fsp3) is 0.409. The SMILES string of the molecule is COc1ccc([C@@H]2Sc3ccccc3N(CCN(C)C)C(=O)[C@@H]2OC(C)=O)cc1.OCCN1CCN(CCCN2c3ccccc3Sc3ccc(C(F)(F)F)cc32)CC1. The van der Waals surface area contributed by atoms with Crippen LogP contribution in [-0.4, -0.2) is 125 Å². The van der Waals surface area contributed by atoms with E-state index in [4.69, 9.17) is 14.6 Å².